The van der Waals surface area contributed by atoms with Crippen LogP contribution in [0.4, 0.5) is 5.88 Å². The van der Waals surface area contributed by atoms with Gasteiger partial charge in [-0.15, -0.1) is 0 Å². The van der Waals surface area contributed by atoms with Crippen LogP contribution in [0.1, 0.15) is 31.9 Å². The summed E-state index contributed by atoms with van der Waals surface area (Å²) in [6, 6.07) is 3.02. The molecule has 0 radical (unpaired) electrons. The van der Waals surface area contributed by atoms with Crippen LogP contribution >= 0.6 is 0 Å². The lowest BCUT2D eigenvalue weighted by molar-refractivity contribution is -0.402. The molecule has 0 aromatic carbocycles. The Morgan fingerprint density at radius 1 is 1.50 bits per heavy atom. The number of aliphatic hydroxyl groups is 1. The first-order chi connectivity index (χ1) is 8.46. The third-order valence-corrected chi connectivity index (χ3v) is 3.36. The molecule has 0 bridgehead atoms. The van der Waals surface area contributed by atoms with Gasteiger partial charge in [-0.2, -0.15) is 0 Å². The van der Waals surface area contributed by atoms with E-state index in [1.54, 1.807) is 6.07 Å². The first-order valence-corrected chi connectivity index (χ1v) is 6.14. The van der Waals surface area contributed by atoms with Crippen LogP contribution in [0.15, 0.2) is 16.5 Å². The first-order valence-electron chi connectivity index (χ1n) is 6.14. The molecule has 1 aromatic rings. The second-order valence-corrected chi connectivity index (χ2v) is 5.12. The van der Waals surface area contributed by atoms with Crippen LogP contribution in [0.3, 0.4) is 0 Å². The largest absolute Gasteiger partial charge is 0.433 e. The first kappa shape index (κ1) is 13.0. The van der Waals surface area contributed by atoms with Gasteiger partial charge in [-0.25, -0.2) is 0 Å². The molecule has 1 saturated heterocycles. The van der Waals surface area contributed by atoms with Crippen molar-refractivity contribution in [3.63, 3.8) is 0 Å². The van der Waals surface area contributed by atoms with Gasteiger partial charge in [0.1, 0.15) is 10.7 Å². The lowest BCUT2D eigenvalue weighted by Crippen LogP contribution is -2.28. The van der Waals surface area contributed by atoms with E-state index in [1.165, 1.54) is 6.07 Å². The Kier molecular flexibility index (Phi) is 3.68. The Morgan fingerprint density at radius 2 is 2.28 bits per heavy atom. The van der Waals surface area contributed by atoms with Crippen LogP contribution in [0.2, 0.25) is 0 Å². The summed E-state index contributed by atoms with van der Waals surface area (Å²) >= 11 is 0. The molecule has 0 spiro atoms. The van der Waals surface area contributed by atoms with Gasteiger partial charge in [0.25, 0.3) is 0 Å². The molecule has 6 nitrogen and oxygen atoms in total. The van der Waals surface area contributed by atoms with Crippen LogP contribution < -0.4 is 0 Å². The van der Waals surface area contributed by atoms with E-state index in [2.05, 4.69) is 4.90 Å². The van der Waals surface area contributed by atoms with Crippen molar-refractivity contribution < 1.29 is 14.4 Å². The maximum atomic E-state index is 10.5. The minimum Gasteiger partial charge on any atom is -0.404 e. The molecular formula is C12H18N2O4. The molecule has 18 heavy (non-hydrogen) atoms. The Labute approximate surface area is 105 Å². The quantitative estimate of drug-likeness (QED) is 0.658. The monoisotopic (exact) mass is 254 g/mol. The van der Waals surface area contributed by atoms with Gasteiger partial charge in [-0.3, -0.25) is 15.0 Å². The molecule has 2 heterocycles. The number of likely N-dealkylation sites (tertiary alicyclic amines) is 1. The van der Waals surface area contributed by atoms with Gasteiger partial charge in [-0.1, -0.05) is 0 Å². The number of hydrogen-bond acceptors (Lipinski definition) is 5. The number of nitro groups is 1. The van der Waals surface area contributed by atoms with Crippen molar-refractivity contribution in [2.75, 3.05) is 13.1 Å². The van der Waals surface area contributed by atoms with Crippen molar-refractivity contribution in [3.05, 3.63) is 28.0 Å². The highest BCUT2D eigenvalue weighted by atomic mass is 16.6. The summed E-state index contributed by atoms with van der Waals surface area (Å²) in [5, 5.41) is 20.5. The number of hydrogen-bond donors (Lipinski definition) is 1. The van der Waals surface area contributed by atoms with Gasteiger partial charge in [0.2, 0.25) is 0 Å². The van der Waals surface area contributed by atoms with E-state index in [-0.39, 0.29) is 5.88 Å². The fourth-order valence-electron chi connectivity index (χ4n) is 2.25. The lowest BCUT2D eigenvalue weighted by Gasteiger charge is -2.21. The van der Waals surface area contributed by atoms with Crippen molar-refractivity contribution in [2.45, 2.75) is 38.3 Å². The average Bonchev–Trinajstić information content (AvgIpc) is 2.67. The van der Waals surface area contributed by atoms with Crippen LogP contribution in [-0.4, -0.2) is 33.6 Å². The topological polar surface area (TPSA) is 79.8 Å². The molecule has 0 amide bonds. The van der Waals surface area contributed by atoms with Crippen molar-refractivity contribution in [3.8, 4) is 0 Å². The minimum atomic E-state index is -0.593. The van der Waals surface area contributed by atoms with Gasteiger partial charge in [0.05, 0.1) is 18.2 Å². The summed E-state index contributed by atoms with van der Waals surface area (Å²) in [4.78, 5) is 12.1. The van der Waals surface area contributed by atoms with E-state index in [9.17, 15) is 15.2 Å². The normalized spacial score (nSPS) is 25.9. The molecule has 2 rings (SSSR count). The molecule has 1 aliphatic heterocycles. The van der Waals surface area contributed by atoms with Crippen molar-refractivity contribution >= 4 is 5.88 Å². The minimum absolute atomic E-state index is 0.216. The number of furan rings is 1. The van der Waals surface area contributed by atoms with E-state index in [1.807, 2.05) is 6.92 Å². The van der Waals surface area contributed by atoms with Crippen LogP contribution in [-0.2, 0) is 6.54 Å². The van der Waals surface area contributed by atoms with Gasteiger partial charge in [0.15, 0.2) is 0 Å². The predicted molar refractivity (Wildman–Crippen MR) is 65.1 cm³/mol. The maximum absolute atomic E-state index is 10.5. The van der Waals surface area contributed by atoms with Gasteiger partial charge in [0, 0.05) is 6.54 Å². The van der Waals surface area contributed by atoms with Crippen molar-refractivity contribution in [2.24, 2.45) is 0 Å². The van der Waals surface area contributed by atoms with Crippen LogP contribution in [0.25, 0.3) is 0 Å². The summed E-state index contributed by atoms with van der Waals surface area (Å²) in [7, 11) is 0. The molecule has 6 heteroatoms. The van der Waals surface area contributed by atoms with Crippen LogP contribution in [0, 0.1) is 10.1 Å². The highest BCUT2D eigenvalue weighted by Crippen LogP contribution is 2.23. The highest BCUT2D eigenvalue weighted by Gasteiger charge is 2.25. The highest BCUT2D eigenvalue weighted by molar-refractivity contribution is 5.17. The zero-order chi connectivity index (χ0) is 13.2. The SMILES string of the molecule is CC1(O)CCCN(Cc2ccc([N+](=O)[O-])o2)CC1. The van der Waals surface area contributed by atoms with E-state index in [0.717, 1.165) is 32.4 Å². The molecule has 0 saturated carbocycles. The summed E-state index contributed by atoms with van der Waals surface area (Å²) in [5.41, 5.74) is -0.593. The number of rotatable bonds is 3. The molecule has 1 N–H and O–H groups in total. The Balaban J connectivity index is 1.94. The second-order valence-electron chi connectivity index (χ2n) is 5.12. The maximum Gasteiger partial charge on any atom is 0.433 e. The fourth-order valence-corrected chi connectivity index (χ4v) is 2.25. The number of nitrogens with zero attached hydrogens (tertiary/aromatic N) is 2. The standard InChI is InChI=1S/C12H18N2O4/c1-12(15)5-2-7-13(8-6-12)9-10-3-4-11(18-10)14(16)17/h3-4,15H,2,5-9H2,1H3. The molecule has 1 aromatic heterocycles. The fraction of sp³-hybridized carbons (Fsp3) is 0.667. The van der Waals surface area contributed by atoms with Crippen molar-refractivity contribution in [1.29, 1.82) is 0 Å². The van der Waals surface area contributed by atoms with E-state index >= 15 is 0 Å². The third kappa shape index (κ3) is 3.30. The molecule has 1 atom stereocenters. The van der Waals surface area contributed by atoms with Crippen LogP contribution in [0.5, 0.6) is 0 Å². The molecular weight excluding hydrogens is 236 g/mol. The van der Waals surface area contributed by atoms with E-state index < -0.39 is 10.5 Å². The molecule has 1 aliphatic rings. The van der Waals surface area contributed by atoms with E-state index in [0.29, 0.717) is 12.3 Å². The molecule has 1 fully saturated rings. The smallest absolute Gasteiger partial charge is 0.404 e. The zero-order valence-electron chi connectivity index (χ0n) is 10.5. The Bertz CT molecular complexity index is 427. The van der Waals surface area contributed by atoms with Gasteiger partial charge in [-0.05, 0) is 38.8 Å². The zero-order valence-corrected chi connectivity index (χ0v) is 10.5. The summed E-state index contributed by atoms with van der Waals surface area (Å²) in [6.07, 6.45) is 2.44. The molecule has 1 unspecified atom stereocenters. The lowest BCUT2D eigenvalue weighted by atomic mass is 9.98. The third-order valence-electron chi connectivity index (χ3n) is 3.36. The van der Waals surface area contributed by atoms with E-state index in [4.69, 9.17) is 4.42 Å². The summed E-state index contributed by atoms with van der Waals surface area (Å²) in [6.45, 7) is 4.07. The Morgan fingerprint density at radius 3 is 2.94 bits per heavy atom. The molecule has 100 valence electrons. The van der Waals surface area contributed by atoms with Gasteiger partial charge < -0.3 is 9.52 Å². The Hall–Kier alpha value is -1.40. The average molecular weight is 254 g/mol. The molecule has 0 aliphatic carbocycles. The van der Waals surface area contributed by atoms with Gasteiger partial charge >= 0.3 is 5.88 Å². The summed E-state index contributed by atoms with van der Waals surface area (Å²) < 4.78 is 5.14. The van der Waals surface area contributed by atoms with Crippen molar-refractivity contribution in [1.82, 2.24) is 4.90 Å². The summed E-state index contributed by atoms with van der Waals surface area (Å²) in [5.74, 6) is 0.384. The second kappa shape index (κ2) is 5.07. The predicted octanol–water partition coefficient (Wildman–Crippen LogP) is 1.92.